The van der Waals surface area contributed by atoms with Crippen LogP contribution in [0.3, 0.4) is 0 Å². The van der Waals surface area contributed by atoms with Gasteiger partial charge in [0, 0.05) is 12.8 Å². The summed E-state index contributed by atoms with van der Waals surface area (Å²) < 4.78 is 51.2. The molecule has 28 heavy (non-hydrogen) atoms. The van der Waals surface area contributed by atoms with Crippen LogP contribution < -0.4 is 4.31 Å². The Morgan fingerprint density at radius 3 is 1.71 bits per heavy atom. The lowest BCUT2D eigenvalue weighted by Gasteiger charge is -2.24. The van der Waals surface area contributed by atoms with Gasteiger partial charge in [-0.25, -0.2) is 16.8 Å². The molecule has 0 atom stereocenters. The molecule has 0 amide bonds. The Hall–Kier alpha value is -2.64. The van der Waals surface area contributed by atoms with Gasteiger partial charge in [-0.2, -0.15) is 0 Å². The summed E-state index contributed by atoms with van der Waals surface area (Å²) in [6.45, 7) is 0.268. The average molecular weight is 416 g/mol. The smallest absolute Gasteiger partial charge is 0.264 e. The Morgan fingerprint density at radius 1 is 0.679 bits per heavy atom. The normalized spacial score (nSPS) is 11.9. The van der Waals surface area contributed by atoms with Gasteiger partial charge in [0.25, 0.3) is 10.0 Å². The zero-order valence-corrected chi connectivity index (χ0v) is 17.0. The van der Waals surface area contributed by atoms with E-state index >= 15 is 0 Å². The van der Waals surface area contributed by atoms with Crippen LogP contribution in [-0.4, -0.2) is 29.6 Å². The van der Waals surface area contributed by atoms with Gasteiger partial charge >= 0.3 is 0 Å². The summed E-state index contributed by atoms with van der Waals surface area (Å²) in [5.41, 5.74) is 1.59. The molecule has 0 radical (unpaired) electrons. The molecule has 146 valence electrons. The van der Waals surface area contributed by atoms with E-state index in [9.17, 15) is 16.8 Å². The van der Waals surface area contributed by atoms with E-state index in [-0.39, 0.29) is 16.3 Å². The molecule has 7 heteroatoms. The lowest BCUT2D eigenvalue weighted by molar-refractivity contribution is 0.589. The van der Waals surface area contributed by atoms with Crippen molar-refractivity contribution in [3.05, 3.63) is 90.5 Å². The van der Waals surface area contributed by atoms with Crippen molar-refractivity contribution >= 4 is 25.5 Å². The summed E-state index contributed by atoms with van der Waals surface area (Å²) in [5.74, 6) is 0. The first kappa shape index (κ1) is 20.1. The van der Waals surface area contributed by atoms with Crippen molar-refractivity contribution in [3.8, 4) is 0 Å². The van der Waals surface area contributed by atoms with E-state index in [0.29, 0.717) is 12.1 Å². The summed E-state index contributed by atoms with van der Waals surface area (Å²) >= 11 is 0. The number of para-hydroxylation sites is 1. The molecule has 0 spiro atoms. The first-order valence-electron chi connectivity index (χ1n) is 8.70. The Kier molecular flexibility index (Phi) is 5.86. The second-order valence-corrected chi connectivity index (χ2v) is 10.3. The maximum Gasteiger partial charge on any atom is 0.264 e. The van der Waals surface area contributed by atoms with Crippen LogP contribution in [0, 0.1) is 0 Å². The van der Waals surface area contributed by atoms with Crippen LogP contribution in [0.25, 0.3) is 0 Å². The van der Waals surface area contributed by atoms with E-state index in [1.807, 2.05) is 36.4 Å². The fraction of sp³-hybridized carbons (Fsp3) is 0.143. The van der Waals surface area contributed by atoms with Gasteiger partial charge in [0.2, 0.25) is 0 Å². The Labute approximate surface area is 166 Å². The highest BCUT2D eigenvalue weighted by atomic mass is 32.2. The molecule has 0 N–H and O–H groups in total. The Bertz CT molecular complexity index is 1130. The third kappa shape index (κ3) is 4.61. The zero-order chi connectivity index (χ0) is 20.2. The zero-order valence-electron chi connectivity index (χ0n) is 15.4. The van der Waals surface area contributed by atoms with Gasteiger partial charge in [-0.15, -0.1) is 0 Å². The van der Waals surface area contributed by atoms with Gasteiger partial charge in [0.05, 0.1) is 15.5 Å². The van der Waals surface area contributed by atoms with E-state index in [1.54, 1.807) is 24.3 Å². The lowest BCUT2D eigenvalue weighted by Crippen LogP contribution is -2.33. The maximum atomic E-state index is 13.3. The van der Waals surface area contributed by atoms with Crippen LogP contribution in [0.2, 0.25) is 0 Å². The molecule has 0 saturated carbocycles. The number of sulfonamides is 1. The van der Waals surface area contributed by atoms with E-state index in [1.165, 1.54) is 28.6 Å². The largest absolute Gasteiger partial charge is 0.266 e. The predicted molar refractivity (Wildman–Crippen MR) is 111 cm³/mol. The van der Waals surface area contributed by atoms with Crippen LogP contribution in [0.15, 0.2) is 94.7 Å². The molecule has 0 fully saturated rings. The van der Waals surface area contributed by atoms with Gasteiger partial charge in [0.1, 0.15) is 0 Å². The van der Waals surface area contributed by atoms with E-state index in [2.05, 4.69) is 0 Å². The highest BCUT2D eigenvalue weighted by molar-refractivity contribution is 7.93. The minimum Gasteiger partial charge on any atom is -0.266 e. The molecular formula is C21H21NO4S2. The molecule has 5 nitrogen and oxygen atoms in total. The third-order valence-electron chi connectivity index (χ3n) is 4.33. The van der Waals surface area contributed by atoms with Crippen LogP contribution >= 0.6 is 0 Å². The maximum absolute atomic E-state index is 13.3. The van der Waals surface area contributed by atoms with Crippen molar-refractivity contribution < 1.29 is 16.8 Å². The van der Waals surface area contributed by atoms with Crippen molar-refractivity contribution in [2.45, 2.75) is 16.2 Å². The number of anilines is 1. The van der Waals surface area contributed by atoms with Gasteiger partial charge in [-0.3, -0.25) is 4.31 Å². The van der Waals surface area contributed by atoms with E-state index in [4.69, 9.17) is 0 Å². The number of sulfone groups is 1. The van der Waals surface area contributed by atoms with E-state index in [0.717, 1.165) is 11.8 Å². The molecule has 3 rings (SSSR count). The molecule has 0 aliphatic carbocycles. The number of benzene rings is 3. The van der Waals surface area contributed by atoms with Crippen molar-refractivity contribution in [2.75, 3.05) is 17.1 Å². The number of rotatable bonds is 7. The third-order valence-corrected chi connectivity index (χ3v) is 7.30. The molecule has 0 saturated heterocycles. The lowest BCUT2D eigenvalue weighted by atomic mass is 10.1. The topological polar surface area (TPSA) is 71.5 Å². The fourth-order valence-corrected chi connectivity index (χ4v) is 4.94. The molecule has 0 aliphatic rings. The second-order valence-electron chi connectivity index (χ2n) is 6.39. The summed E-state index contributed by atoms with van der Waals surface area (Å²) in [7, 11) is -7.24. The molecule has 3 aromatic carbocycles. The van der Waals surface area contributed by atoms with Crippen LogP contribution in [0.1, 0.15) is 5.56 Å². The van der Waals surface area contributed by atoms with Crippen molar-refractivity contribution in [3.63, 3.8) is 0 Å². The Balaban J connectivity index is 1.96. The highest BCUT2D eigenvalue weighted by Crippen LogP contribution is 2.25. The minimum absolute atomic E-state index is 0.0526. The van der Waals surface area contributed by atoms with Gasteiger partial charge < -0.3 is 0 Å². The average Bonchev–Trinajstić information content (AvgIpc) is 2.69. The Morgan fingerprint density at radius 2 is 1.18 bits per heavy atom. The second kappa shape index (κ2) is 8.16. The van der Waals surface area contributed by atoms with Crippen LogP contribution in [0.4, 0.5) is 5.69 Å². The first-order valence-corrected chi connectivity index (χ1v) is 12.0. The minimum atomic E-state index is -3.85. The first-order chi connectivity index (χ1) is 13.3. The number of hydrogen-bond acceptors (Lipinski definition) is 4. The molecule has 3 aromatic rings. The number of hydrogen-bond donors (Lipinski definition) is 0. The molecule has 0 bridgehead atoms. The van der Waals surface area contributed by atoms with Crippen molar-refractivity contribution in [1.29, 1.82) is 0 Å². The van der Waals surface area contributed by atoms with Crippen LogP contribution in [0.5, 0.6) is 0 Å². The number of nitrogens with zero attached hydrogens (tertiary/aromatic N) is 1. The standard InChI is InChI=1S/C21H21NO4S2/c1-27(23,24)20-12-14-21(15-13-20)28(25,26)22(19-10-6-3-7-11-19)17-16-18-8-4-2-5-9-18/h2-15H,16-17H2,1H3. The molecular weight excluding hydrogens is 394 g/mol. The molecule has 0 heterocycles. The monoisotopic (exact) mass is 415 g/mol. The molecule has 0 unspecified atom stereocenters. The summed E-state index contributed by atoms with van der Waals surface area (Å²) in [6, 6.07) is 23.9. The fourth-order valence-electron chi connectivity index (χ4n) is 2.84. The summed E-state index contributed by atoms with van der Waals surface area (Å²) in [5, 5.41) is 0. The molecule has 0 aliphatic heterocycles. The van der Waals surface area contributed by atoms with Gasteiger partial charge in [-0.1, -0.05) is 48.5 Å². The SMILES string of the molecule is CS(=O)(=O)c1ccc(S(=O)(=O)N(CCc2ccccc2)c2ccccc2)cc1. The molecule has 0 aromatic heterocycles. The summed E-state index contributed by atoms with van der Waals surface area (Å²) in [4.78, 5) is 0.138. The van der Waals surface area contributed by atoms with Crippen molar-refractivity contribution in [1.82, 2.24) is 0 Å². The summed E-state index contributed by atoms with van der Waals surface area (Å²) in [6.07, 6.45) is 1.64. The van der Waals surface area contributed by atoms with E-state index < -0.39 is 19.9 Å². The van der Waals surface area contributed by atoms with Gasteiger partial charge in [0.15, 0.2) is 9.84 Å². The quantitative estimate of drug-likeness (QED) is 0.592. The highest BCUT2D eigenvalue weighted by Gasteiger charge is 2.25. The van der Waals surface area contributed by atoms with Crippen molar-refractivity contribution in [2.24, 2.45) is 0 Å². The predicted octanol–water partition coefficient (Wildman–Crippen LogP) is 3.53. The van der Waals surface area contributed by atoms with Gasteiger partial charge in [-0.05, 0) is 48.4 Å². The van der Waals surface area contributed by atoms with Crippen LogP contribution in [-0.2, 0) is 26.3 Å².